The Morgan fingerprint density at radius 2 is 2.15 bits per heavy atom. The van der Waals surface area contributed by atoms with Crippen molar-refractivity contribution in [3.05, 3.63) is 60.1 Å². The number of benzene rings is 1. The number of rotatable bonds is 2. The van der Waals surface area contributed by atoms with Gasteiger partial charge in [-0.05, 0) is 37.3 Å². The molecule has 0 aliphatic carbocycles. The third kappa shape index (κ3) is 3.06. The lowest BCUT2D eigenvalue weighted by molar-refractivity contribution is 0.258. The third-order valence-corrected chi connectivity index (χ3v) is 5.35. The number of fused-ring (bicyclic) bond motifs is 2. The molecule has 0 saturated carbocycles. The fourth-order valence-corrected chi connectivity index (χ4v) is 3.97. The molecule has 0 bridgehead atoms. The zero-order valence-corrected chi connectivity index (χ0v) is 15.8. The van der Waals surface area contributed by atoms with Gasteiger partial charge >= 0.3 is 0 Å². The number of aliphatic imine (C=N–C) groups is 1. The smallest absolute Gasteiger partial charge is 0.133 e. The molecule has 3 aliphatic rings. The minimum Gasteiger partial charge on any atom is -0.368 e. The summed E-state index contributed by atoms with van der Waals surface area (Å²) >= 11 is 0. The van der Waals surface area contributed by atoms with E-state index in [1.54, 1.807) is 0 Å². The topological polar surface area (TPSA) is 48.7 Å². The van der Waals surface area contributed by atoms with Gasteiger partial charge in [-0.25, -0.2) is 4.99 Å². The molecule has 1 fully saturated rings. The third-order valence-electron chi connectivity index (χ3n) is 5.35. The van der Waals surface area contributed by atoms with Crippen molar-refractivity contribution in [3.63, 3.8) is 0 Å². The van der Waals surface area contributed by atoms with Crippen molar-refractivity contribution in [1.82, 2.24) is 24.9 Å². The highest BCUT2D eigenvalue weighted by Crippen LogP contribution is 2.26. The summed E-state index contributed by atoms with van der Waals surface area (Å²) in [6.45, 7) is 6.21. The largest absolute Gasteiger partial charge is 0.368 e. The molecule has 2 aromatic rings. The second kappa shape index (κ2) is 6.39. The van der Waals surface area contributed by atoms with Gasteiger partial charge < -0.3 is 15.1 Å². The van der Waals surface area contributed by atoms with Crippen LogP contribution in [0.5, 0.6) is 0 Å². The van der Waals surface area contributed by atoms with Crippen LogP contribution in [0.15, 0.2) is 59.5 Å². The van der Waals surface area contributed by atoms with Crippen molar-refractivity contribution in [2.75, 3.05) is 26.2 Å². The van der Waals surface area contributed by atoms with Gasteiger partial charge in [0.15, 0.2) is 0 Å². The van der Waals surface area contributed by atoms with Crippen LogP contribution in [0, 0.1) is 0 Å². The molecule has 0 unspecified atom stereocenters. The Balaban J connectivity index is 1.38. The molecule has 1 saturated heterocycles. The highest BCUT2D eigenvalue weighted by atomic mass is 15.3. The zero-order valence-electron chi connectivity index (χ0n) is 15.8. The van der Waals surface area contributed by atoms with Crippen LogP contribution < -0.4 is 5.32 Å². The van der Waals surface area contributed by atoms with Crippen molar-refractivity contribution in [3.8, 4) is 0 Å². The first-order valence-corrected chi connectivity index (χ1v) is 9.53. The van der Waals surface area contributed by atoms with Gasteiger partial charge in [-0.3, -0.25) is 4.68 Å². The summed E-state index contributed by atoms with van der Waals surface area (Å²) in [5.41, 5.74) is 4.46. The Morgan fingerprint density at radius 3 is 3.04 bits per heavy atom. The van der Waals surface area contributed by atoms with Crippen molar-refractivity contribution < 1.29 is 0 Å². The normalized spacial score (nSPS) is 22.4. The quantitative estimate of drug-likeness (QED) is 0.893. The molecule has 1 aromatic carbocycles. The summed E-state index contributed by atoms with van der Waals surface area (Å²) in [5, 5.41) is 9.09. The molecule has 1 aromatic heterocycles. The molecule has 5 rings (SSSR count). The van der Waals surface area contributed by atoms with Crippen molar-refractivity contribution in [2.45, 2.75) is 13.0 Å². The first kappa shape index (κ1) is 16.3. The maximum Gasteiger partial charge on any atom is 0.133 e. The number of hydrogen-bond donors (Lipinski definition) is 1. The van der Waals surface area contributed by atoms with Crippen LogP contribution in [0.4, 0.5) is 0 Å². The number of piperazine rings is 1. The highest BCUT2D eigenvalue weighted by Gasteiger charge is 2.22. The predicted molar refractivity (Wildman–Crippen MR) is 109 cm³/mol. The molecular weight excluding hydrogens is 336 g/mol. The molecule has 6 heteroatoms. The van der Waals surface area contributed by atoms with Crippen LogP contribution in [-0.2, 0) is 7.05 Å². The number of allylic oxidation sites excluding steroid dienone is 1. The molecule has 0 radical (unpaired) electrons. The Bertz CT molecular complexity index is 1010. The standard InChI is InChI=1S/C21H24N6/c1-15-12-26(10-8-22-15)18-4-6-21-23-19(7-9-27(21)14-18)16-3-5-20-17(11-16)13-25(2)24-20/h3-7,11,13-15,22H,8-10,12H2,1-2H3/t15-/m0/s1. The average Bonchev–Trinajstić information content (AvgIpc) is 3.06. The maximum atomic E-state index is 4.90. The first-order chi connectivity index (χ1) is 13.2. The molecule has 3 aliphatic heterocycles. The molecule has 6 nitrogen and oxygen atoms in total. The summed E-state index contributed by atoms with van der Waals surface area (Å²) in [6, 6.07) is 6.87. The number of aryl methyl sites for hydroxylation is 1. The van der Waals surface area contributed by atoms with Crippen LogP contribution in [0.2, 0.25) is 0 Å². The molecular formula is C21H24N6. The molecule has 0 amide bonds. The van der Waals surface area contributed by atoms with Gasteiger partial charge in [0, 0.05) is 62.6 Å². The Morgan fingerprint density at radius 1 is 1.22 bits per heavy atom. The molecule has 27 heavy (non-hydrogen) atoms. The lowest BCUT2D eigenvalue weighted by Gasteiger charge is -2.37. The van der Waals surface area contributed by atoms with Gasteiger partial charge in [-0.1, -0.05) is 6.07 Å². The van der Waals surface area contributed by atoms with E-state index in [4.69, 9.17) is 4.99 Å². The maximum absolute atomic E-state index is 4.90. The van der Waals surface area contributed by atoms with Gasteiger partial charge in [-0.15, -0.1) is 0 Å². The van der Waals surface area contributed by atoms with E-state index in [1.807, 2.05) is 17.9 Å². The number of nitrogens with zero attached hydrogens (tertiary/aromatic N) is 5. The van der Waals surface area contributed by atoms with Crippen molar-refractivity contribution in [1.29, 1.82) is 0 Å². The molecule has 0 spiro atoms. The minimum absolute atomic E-state index is 0.526. The van der Waals surface area contributed by atoms with Crippen LogP contribution >= 0.6 is 0 Å². The van der Waals surface area contributed by atoms with Crippen LogP contribution in [0.3, 0.4) is 0 Å². The Kier molecular flexibility index (Phi) is 3.86. The van der Waals surface area contributed by atoms with E-state index in [1.165, 1.54) is 5.70 Å². The molecule has 1 atom stereocenters. The predicted octanol–water partition coefficient (Wildman–Crippen LogP) is 2.33. The Labute approximate surface area is 159 Å². The van der Waals surface area contributed by atoms with Gasteiger partial charge in [0.1, 0.15) is 5.84 Å². The van der Waals surface area contributed by atoms with E-state index < -0.39 is 0 Å². The molecule has 4 heterocycles. The van der Waals surface area contributed by atoms with E-state index >= 15 is 0 Å². The van der Waals surface area contributed by atoms with E-state index in [0.717, 1.165) is 54.2 Å². The lowest BCUT2D eigenvalue weighted by atomic mass is 10.1. The van der Waals surface area contributed by atoms with E-state index in [-0.39, 0.29) is 0 Å². The Hall–Kier alpha value is -2.86. The summed E-state index contributed by atoms with van der Waals surface area (Å²) in [5.74, 6) is 1.01. The fraction of sp³-hybridized carbons (Fsp3) is 0.333. The van der Waals surface area contributed by atoms with Crippen LogP contribution in [0.1, 0.15) is 12.5 Å². The minimum atomic E-state index is 0.526. The fourth-order valence-electron chi connectivity index (χ4n) is 3.97. The summed E-state index contributed by atoms with van der Waals surface area (Å²) in [4.78, 5) is 9.58. The number of aromatic nitrogens is 2. The summed E-state index contributed by atoms with van der Waals surface area (Å²) in [6.07, 6.45) is 10.8. The highest BCUT2D eigenvalue weighted by molar-refractivity contribution is 6.00. The van der Waals surface area contributed by atoms with Crippen LogP contribution in [0.25, 0.3) is 16.6 Å². The number of amidine groups is 1. The SMILES string of the molecule is C[C@H]1CN(C2=CN3CC=C(c4ccc5nn(C)cc5c4)N=C3C=C2)CCN1. The number of nitrogens with one attached hydrogen (secondary N) is 1. The van der Waals surface area contributed by atoms with E-state index in [2.05, 4.69) is 69.8 Å². The van der Waals surface area contributed by atoms with Crippen LogP contribution in [-0.4, -0.2) is 57.6 Å². The van der Waals surface area contributed by atoms with Gasteiger partial charge in [0.2, 0.25) is 0 Å². The van der Waals surface area contributed by atoms with E-state index in [9.17, 15) is 0 Å². The zero-order chi connectivity index (χ0) is 18.4. The molecule has 1 N–H and O–H groups in total. The lowest BCUT2D eigenvalue weighted by Crippen LogP contribution is -2.49. The van der Waals surface area contributed by atoms with Gasteiger partial charge in [0.05, 0.1) is 16.9 Å². The summed E-state index contributed by atoms with van der Waals surface area (Å²) in [7, 11) is 1.95. The van der Waals surface area contributed by atoms with E-state index in [0.29, 0.717) is 6.04 Å². The summed E-state index contributed by atoms with van der Waals surface area (Å²) < 4.78 is 1.85. The second-order valence-corrected chi connectivity index (χ2v) is 7.48. The van der Waals surface area contributed by atoms with Gasteiger partial charge in [-0.2, -0.15) is 5.10 Å². The first-order valence-electron chi connectivity index (χ1n) is 9.53. The average molecular weight is 360 g/mol. The molecule has 138 valence electrons. The number of hydrogen-bond acceptors (Lipinski definition) is 5. The van der Waals surface area contributed by atoms with Crippen molar-refractivity contribution in [2.24, 2.45) is 12.0 Å². The monoisotopic (exact) mass is 360 g/mol. The second-order valence-electron chi connectivity index (χ2n) is 7.48. The van der Waals surface area contributed by atoms with Gasteiger partial charge in [0.25, 0.3) is 0 Å². The van der Waals surface area contributed by atoms with Crippen molar-refractivity contribution >= 4 is 22.4 Å².